The van der Waals surface area contributed by atoms with Crippen LogP contribution in [0.5, 0.6) is 0 Å². The first kappa shape index (κ1) is 11.0. The average molecular weight is 239 g/mol. The van der Waals surface area contributed by atoms with E-state index in [4.69, 9.17) is 11.6 Å². The fourth-order valence-electron chi connectivity index (χ4n) is 1.56. The number of nitrogens with zero attached hydrogens (tertiary/aromatic N) is 2. The molecule has 2 aromatic rings. The highest BCUT2D eigenvalue weighted by atomic mass is 35.5. The molecule has 1 aromatic carbocycles. The van der Waals surface area contributed by atoms with Gasteiger partial charge in [0.1, 0.15) is 0 Å². The van der Waals surface area contributed by atoms with Gasteiger partial charge in [-0.15, -0.1) is 0 Å². The second-order valence-electron chi connectivity index (χ2n) is 3.35. The molecule has 0 unspecified atom stereocenters. The molecule has 0 radical (unpaired) electrons. The zero-order valence-electron chi connectivity index (χ0n) is 8.81. The van der Waals surface area contributed by atoms with Crippen LogP contribution in [0.3, 0.4) is 0 Å². The summed E-state index contributed by atoms with van der Waals surface area (Å²) in [6.07, 6.45) is 0.288. The number of carbonyl (C=O) groups excluding carboxylic acids is 1. The Bertz CT molecular complexity index is 522. The highest BCUT2D eigenvalue weighted by Gasteiger charge is 2.09. The van der Waals surface area contributed by atoms with Gasteiger partial charge in [-0.25, -0.2) is 4.98 Å². The van der Waals surface area contributed by atoms with Crippen LogP contribution in [0, 0.1) is 0 Å². The third-order valence-electron chi connectivity index (χ3n) is 2.38. The summed E-state index contributed by atoms with van der Waals surface area (Å²) in [4.78, 5) is 15.2. The van der Waals surface area contributed by atoms with Gasteiger partial charge in [0.2, 0.25) is 5.28 Å². The van der Waals surface area contributed by atoms with Gasteiger partial charge in [0, 0.05) is 6.54 Å². The number of carbonyl (C=O) groups is 1. The summed E-state index contributed by atoms with van der Waals surface area (Å²) in [5.74, 6) is -0.256. The van der Waals surface area contributed by atoms with E-state index in [1.807, 2.05) is 24.3 Å². The molecule has 0 N–H and O–H groups in total. The van der Waals surface area contributed by atoms with Gasteiger partial charge < -0.3 is 9.30 Å². The Balaban J connectivity index is 2.29. The van der Waals surface area contributed by atoms with Crippen molar-refractivity contribution in [1.29, 1.82) is 0 Å². The van der Waals surface area contributed by atoms with Crippen LogP contribution in [0.1, 0.15) is 6.42 Å². The number of benzene rings is 1. The van der Waals surface area contributed by atoms with E-state index in [1.165, 1.54) is 7.11 Å². The van der Waals surface area contributed by atoms with Crippen LogP contribution in [0.25, 0.3) is 11.0 Å². The van der Waals surface area contributed by atoms with Gasteiger partial charge in [0.15, 0.2) is 0 Å². The Morgan fingerprint density at radius 3 is 3.00 bits per heavy atom. The molecule has 1 aromatic heterocycles. The Labute approximate surface area is 97.8 Å². The molecule has 0 saturated heterocycles. The maximum absolute atomic E-state index is 11.1. The number of hydrogen-bond acceptors (Lipinski definition) is 3. The van der Waals surface area contributed by atoms with E-state index in [9.17, 15) is 4.79 Å². The largest absolute Gasteiger partial charge is 0.469 e. The molecule has 5 heteroatoms. The highest BCUT2D eigenvalue weighted by molar-refractivity contribution is 6.29. The van der Waals surface area contributed by atoms with Crippen LogP contribution in [0.4, 0.5) is 0 Å². The number of aryl methyl sites for hydroxylation is 1. The molecular weight excluding hydrogens is 228 g/mol. The second-order valence-corrected chi connectivity index (χ2v) is 3.69. The van der Waals surface area contributed by atoms with E-state index in [2.05, 4.69) is 9.72 Å². The normalized spacial score (nSPS) is 10.6. The quantitative estimate of drug-likeness (QED) is 0.771. The zero-order valence-corrected chi connectivity index (χ0v) is 9.57. The third kappa shape index (κ3) is 2.02. The van der Waals surface area contributed by atoms with Crippen molar-refractivity contribution in [3.05, 3.63) is 29.5 Å². The van der Waals surface area contributed by atoms with Gasteiger partial charge >= 0.3 is 5.97 Å². The maximum atomic E-state index is 11.1. The molecule has 0 aliphatic rings. The van der Waals surface area contributed by atoms with E-state index in [1.54, 1.807) is 4.57 Å². The number of esters is 1. The molecule has 0 aliphatic carbocycles. The van der Waals surface area contributed by atoms with Crippen molar-refractivity contribution in [2.24, 2.45) is 0 Å². The molecule has 0 saturated carbocycles. The molecule has 84 valence electrons. The van der Waals surface area contributed by atoms with Crippen molar-refractivity contribution in [2.75, 3.05) is 7.11 Å². The lowest BCUT2D eigenvalue weighted by molar-refractivity contribution is -0.140. The van der Waals surface area contributed by atoms with E-state index >= 15 is 0 Å². The standard InChI is InChI=1S/C11H11ClN2O2/c1-16-10(15)6-7-14-9-5-3-2-4-8(9)13-11(14)12/h2-5H,6-7H2,1H3. The highest BCUT2D eigenvalue weighted by Crippen LogP contribution is 2.19. The number of methoxy groups -OCH3 is 1. The summed E-state index contributed by atoms with van der Waals surface area (Å²) in [5.41, 5.74) is 1.76. The Morgan fingerprint density at radius 2 is 2.25 bits per heavy atom. The van der Waals surface area contributed by atoms with Gasteiger partial charge in [0.05, 0.1) is 24.6 Å². The van der Waals surface area contributed by atoms with Crippen LogP contribution in [-0.4, -0.2) is 22.6 Å². The number of hydrogen-bond donors (Lipinski definition) is 0. The van der Waals surface area contributed by atoms with Crippen molar-refractivity contribution in [3.63, 3.8) is 0 Å². The molecule has 0 spiro atoms. The fourth-order valence-corrected chi connectivity index (χ4v) is 1.83. The number of rotatable bonds is 3. The summed E-state index contributed by atoms with van der Waals surface area (Å²) in [7, 11) is 1.37. The third-order valence-corrected chi connectivity index (χ3v) is 2.66. The predicted octanol–water partition coefficient (Wildman–Crippen LogP) is 2.25. The van der Waals surface area contributed by atoms with Gasteiger partial charge in [0.25, 0.3) is 0 Å². The van der Waals surface area contributed by atoms with Gasteiger partial charge in [-0.05, 0) is 23.7 Å². The van der Waals surface area contributed by atoms with Crippen molar-refractivity contribution < 1.29 is 9.53 Å². The number of imidazole rings is 1. The van der Waals surface area contributed by atoms with Crippen LogP contribution in [0.2, 0.25) is 5.28 Å². The minimum Gasteiger partial charge on any atom is -0.469 e. The van der Waals surface area contributed by atoms with E-state index in [-0.39, 0.29) is 12.4 Å². The predicted molar refractivity (Wildman–Crippen MR) is 61.4 cm³/mol. The molecular formula is C11H11ClN2O2. The Morgan fingerprint density at radius 1 is 1.50 bits per heavy atom. The fraction of sp³-hybridized carbons (Fsp3) is 0.273. The maximum Gasteiger partial charge on any atom is 0.307 e. The van der Waals surface area contributed by atoms with Gasteiger partial charge in [-0.2, -0.15) is 0 Å². The molecule has 0 fully saturated rings. The summed E-state index contributed by atoms with van der Waals surface area (Å²) >= 11 is 5.99. The summed E-state index contributed by atoms with van der Waals surface area (Å²) in [6.45, 7) is 0.478. The van der Waals surface area contributed by atoms with Crippen LogP contribution < -0.4 is 0 Å². The van der Waals surface area contributed by atoms with Crippen molar-refractivity contribution in [1.82, 2.24) is 9.55 Å². The lowest BCUT2D eigenvalue weighted by atomic mass is 10.3. The Hall–Kier alpha value is -1.55. The lowest BCUT2D eigenvalue weighted by Gasteiger charge is -2.04. The first-order valence-corrected chi connectivity index (χ1v) is 5.28. The van der Waals surface area contributed by atoms with Crippen LogP contribution in [0.15, 0.2) is 24.3 Å². The molecule has 0 bridgehead atoms. The molecule has 0 amide bonds. The summed E-state index contributed by atoms with van der Waals surface area (Å²) < 4.78 is 6.38. The van der Waals surface area contributed by atoms with E-state index in [0.29, 0.717) is 11.8 Å². The molecule has 2 rings (SSSR count). The molecule has 1 heterocycles. The number of para-hydroxylation sites is 2. The van der Waals surface area contributed by atoms with Crippen molar-refractivity contribution in [3.8, 4) is 0 Å². The topological polar surface area (TPSA) is 44.1 Å². The minimum absolute atomic E-state index is 0.256. The molecule has 4 nitrogen and oxygen atoms in total. The molecule has 16 heavy (non-hydrogen) atoms. The Kier molecular flexibility index (Phi) is 3.10. The van der Waals surface area contributed by atoms with E-state index < -0.39 is 0 Å². The van der Waals surface area contributed by atoms with Crippen LogP contribution >= 0.6 is 11.6 Å². The first-order valence-electron chi connectivity index (χ1n) is 4.90. The van der Waals surface area contributed by atoms with Crippen molar-refractivity contribution in [2.45, 2.75) is 13.0 Å². The van der Waals surface area contributed by atoms with Gasteiger partial charge in [-0.1, -0.05) is 12.1 Å². The SMILES string of the molecule is COC(=O)CCn1c(Cl)nc2ccccc21. The lowest BCUT2D eigenvalue weighted by Crippen LogP contribution is -2.06. The summed E-state index contributed by atoms with van der Waals surface area (Å²) in [5, 5.41) is 0.394. The second kappa shape index (κ2) is 4.53. The van der Waals surface area contributed by atoms with Crippen molar-refractivity contribution >= 4 is 28.6 Å². The van der Waals surface area contributed by atoms with Crippen LogP contribution in [-0.2, 0) is 16.1 Å². The summed E-state index contributed by atoms with van der Waals surface area (Å²) in [6, 6.07) is 7.62. The molecule has 0 aliphatic heterocycles. The zero-order chi connectivity index (χ0) is 11.5. The first-order chi connectivity index (χ1) is 7.72. The smallest absolute Gasteiger partial charge is 0.307 e. The monoisotopic (exact) mass is 238 g/mol. The number of fused-ring (bicyclic) bond motifs is 1. The minimum atomic E-state index is -0.256. The number of aromatic nitrogens is 2. The molecule has 0 atom stereocenters. The van der Waals surface area contributed by atoms with Gasteiger partial charge in [-0.3, -0.25) is 4.79 Å². The number of ether oxygens (including phenoxy) is 1. The average Bonchev–Trinajstić information content (AvgIpc) is 2.62. The van der Waals surface area contributed by atoms with E-state index in [0.717, 1.165) is 11.0 Å². The number of halogens is 1.